The first-order chi connectivity index (χ1) is 13.5. The molecule has 3 rings (SSSR count). The van der Waals surface area contributed by atoms with Gasteiger partial charge in [0.2, 0.25) is 5.91 Å². The number of carbonyl (C=O) groups is 3. The normalized spacial score (nSPS) is 10.2. The van der Waals surface area contributed by atoms with Gasteiger partial charge in [0.05, 0.1) is 24.0 Å². The van der Waals surface area contributed by atoms with Crippen LogP contribution in [0.1, 0.15) is 26.3 Å². The summed E-state index contributed by atoms with van der Waals surface area (Å²) in [6.45, 7) is -0.228. The fourth-order valence-electron chi connectivity index (χ4n) is 2.53. The molecule has 0 aliphatic rings. The molecule has 6 nitrogen and oxygen atoms in total. The summed E-state index contributed by atoms with van der Waals surface area (Å²) in [5.74, 6) is -1.15. The number of nitrogens with one attached hydrogen (secondary N) is 2. The van der Waals surface area contributed by atoms with Gasteiger partial charge in [-0.2, -0.15) is 0 Å². The molecule has 0 saturated heterocycles. The van der Waals surface area contributed by atoms with Crippen molar-refractivity contribution >= 4 is 39.2 Å². The second-order valence-electron chi connectivity index (χ2n) is 5.85. The molecule has 0 unspecified atom stereocenters. The lowest BCUT2D eigenvalue weighted by molar-refractivity contribution is -0.115. The Morgan fingerprint density at radius 1 is 0.893 bits per heavy atom. The number of anilines is 1. The van der Waals surface area contributed by atoms with Crippen LogP contribution in [-0.4, -0.2) is 29.1 Å². The van der Waals surface area contributed by atoms with Crippen molar-refractivity contribution in [3.05, 3.63) is 94.2 Å². The molecule has 0 atom stereocenters. The van der Waals surface area contributed by atoms with Crippen molar-refractivity contribution in [1.82, 2.24) is 10.3 Å². The fraction of sp³-hybridized carbons (Fsp3) is 0.0476. The molecular formula is C21H16BrN3O3. The number of pyridine rings is 1. The van der Waals surface area contributed by atoms with Gasteiger partial charge in [-0.25, -0.2) is 0 Å². The van der Waals surface area contributed by atoms with E-state index in [0.29, 0.717) is 11.3 Å². The van der Waals surface area contributed by atoms with E-state index in [4.69, 9.17) is 0 Å². The summed E-state index contributed by atoms with van der Waals surface area (Å²) in [7, 11) is 0. The standard InChI is InChI=1S/C21H16BrN3O3/c22-15-9-7-14(8-10-15)20(27)17-5-1-2-6-18(17)21(28)24-13-19(26)25-16-4-3-11-23-12-16/h1-12H,13H2,(H,24,28)(H,25,26). The summed E-state index contributed by atoms with van der Waals surface area (Å²) in [6.07, 6.45) is 3.10. The number of carbonyl (C=O) groups excluding carboxylic acids is 3. The largest absolute Gasteiger partial charge is 0.343 e. The van der Waals surface area contributed by atoms with Crippen LogP contribution in [0.4, 0.5) is 5.69 Å². The van der Waals surface area contributed by atoms with Crippen molar-refractivity contribution in [1.29, 1.82) is 0 Å². The van der Waals surface area contributed by atoms with E-state index in [1.807, 2.05) is 0 Å². The molecule has 140 valence electrons. The van der Waals surface area contributed by atoms with Crippen molar-refractivity contribution in [3.63, 3.8) is 0 Å². The maximum absolute atomic E-state index is 12.8. The number of aromatic nitrogens is 1. The smallest absolute Gasteiger partial charge is 0.252 e. The molecule has 0 fully saturated rings. The van der Waals surface area contributed by atoms with Crippen LogP contribution >= 0.6 is 15.9 Å². The third-order valence-corrected chi connectivity index (χ3v) is 4.41. The number of rotatable bonds is 6. The summed E-state index contributed by atoms with van der Waals surface area (Å²) in [4.78, 5) is 41.2. The molecule has 2 amide bonds. The molecule has 3 aromatic rings. The van der Waals surface area contributed by atoms with Gasteiger partial charge in [-0.1, -0.05) is 34.1 Å². The van der Waals surface area contributed by atoms with Gasteiger partial charge in [-0.3, -0.25) is 19.4 Å². The summed E-state index contributed by atoms with van der Waals surface area (Å²) in [6, 6.07) is 16.8. The van der Waals surface area contributed by atoms with Crippen molar-refractivity contribution in [2.75, 3.05) is 11.9 Å². The summed E-state index contributed by atoms with van der Waals surface area (Å²) in [5, 5.41) is 5.17. The molecule has 0 saturated carbocycles. The number of hydrogen-bond acceptors (Lipinski definition) is 4. The maximum Gasteiger partial charge on any atom is 0.252 e. The topological polar surface area (TPSA) is 88.2 Å². The van der Waals surface area contributed by atoms with Gasteiger partial charge >= 0.3 is 0 Å². The molecule has 1 aromatic heterocycles. The number of amides is 2. The van der Waals surface area contributed by atoms with Crippen LogP contribution < -0.4 is 10.6 Å². The minimum atomic E-state index is -0.498. The molecule has 1 heterocycles. The van der Waals surface area contributed by atoms with Crippen LogP contribution in [-0.2, 0) is 4.79 Å². The molecule has 28 heavy (non-hydrogen) atoms. The predicted octanol–water partition coefficient (Wildman–Crippen LogP) is 3.44. The SMILES string of the molecule is O=C(CNC(=O)c1ccccc1C(=O)c1ccc(Br)cc1)Nc1cccnc1. The zero-order valence-corrected chi connectivity index (χ0v) is 16.3. The van der Waals surface area contributed by atoms with Crippen LogP contribution in [0.25, 0.3) is 0 Å². The van der Waals surface area contributed by atoms with Gasteiger partial charge in [0.1, 0.15) is 0 Å². The molecule has 0 spiro atoms. The second kappa shape index (κ2) is 9.05. The van der Waals surface area contributed by atoms with E-state index in [0.717, 1.165) is 4.47 Å². The van der Waals surface area contributed by atoms with Crippen LogP contribution in [0.5, 0.6) is 0 Å². The molecule has 0 radical (unpaired) electrons. The first-order valence-electron chi connectivity index (χ1n) is 8.42. The minimum absolute atomic E-state index is 0.213. The summed E-state index contributed by atoms with van der Waals surface area (Å²) < 4.78 is 0.856. The molecule has 2 aromatic carbocycles. The maximum atomic E-state index is 12.8. The number of hydrogen-bond donors (Lipinski definition) is 2. The zero-order chi connectivity index (χ0) is 19.9. The van der Waals surface area contributed by atoms with Crippen molar-refractivity contribution in [2.45, 2.75) is 0 Å². The molecule has 0 aliphatic carbocycles. The number of halogens is 1. The Kier molecular flexibility index (Phi) is 6.29. The van der Waals surface area contributed by atoms with Crippen molar-refractivity contribution in [3.8, 4) is 0 Å². The van der Waals surface area contributed by atoms with Crippen LogP contribution in [0.15, 0.2) is 77.5 Å². The van der Waals surface area contributed by atoms with Gasteiger partial charge in [-0.15, -0.1) is 0 Å². The first-order valence-corrected chi connectivity index (χ1v) is 9.21. The van der Waals surface area contributed by atoms with E-state index in [2.05, 4.69) is 31.5 Å². The quantitative estimate of drug-likeness (QED) is 0.578. The Morgan fingerprint density at radius 3 is 2.29 bits per heavy atom. The van der Waals surface area contributed by atoms with Gasteiger partial charge in [0.25, 0.3) is 5.91 Å². The number of nitrogens with zero attached hydrogens (tertiary/aromatic N) is 1. The lowest BCUT2D eigenvalue weighted by atomic mass is 9.98. The summed E-state index contributed by atoms with van der Waals surface area (Å²) >= 11 is 3.33. The van der Waals surface area contributed by atoms with Gasteiger partial charge in [0, 0.05) is 21.8 Å². The first kappa shape index (κ1) is 19.4. The minimum Gasteiger partial charge on any atom is -0.343 e. The number of ketones is 1. The lowest BCUT2D eigenvalue weighted by Crippen LogP contribution is -2.33. The van der Waals surface area contributed by atoms with E-state index in [1.165, 1.54) is 6.20 Å². The molecule has 0 aliphatic heterocycles. The highest BCUT2D eigenvalue weighted by Crippen LogP contribution is 2.17. The number of benzene rings is 2. The van der Waals surface area contributed by atoms with E-state index >= 15 is 0 Å². The highest BCUT2D eigenvalue weighted by atomic mass is 79.9. The Hall–Kier alpha value is -3.32. The van der Waals surface area contributed by atoms with E-state index in [-0.39, 0.29) is 23.5 Å². The third kappa shape index (κ3) is 4.89. The zero-order valence-electron chi connectivity index (χ0n) is 14.7. The summed E-state index contributed by atoms with van der Waals surface area (Å²) in [5.41, 5.74) is 1.49. The van der Waals surface area contributed by atoms with Crippen LogP contribution in [0.3, 0.4) is 0 Å². The van der Waals surface area contributed by atoms with Crippen molar-refractivity contribution < 1.29 is 14.4 Å². The average Bonchev–Trinajstić information content (AvgIpc) is 2.73. The highest BCUT2D eigenvalue weighted by molar-refractivity contribution is 9.10. The average molecular weight is 438 g/mol. The Labute approximate surface area is 170 Å². The van der Waals surface area contributed by atoms with Gasteiger partial charge < -0.3 is 10.6 Å². The van der Waals surface area contributed by atoms with Crippen LogP contribution in [0.2, 0.25) is 0 Å². The Morgan fingerprint density at radius 2 is 1.61 bits per heavy atom. The predicted molar refractivity (Wildman–Crippen MR) is 109 cm³/mol. The van der Waals surface area contributed by atoms with E-state index in [9.17, 15) is 14.4 Å². The third-order valence-electron chi connectivity index (χ3n) is 3.88. The van der Waals surface area contributed by atoms with E-state index in [1.54, 1.807) is 66.9 Å². The molecule has 7 heteroatoms. The monoisotopic (exact) mass is 437 g/mol. The second-order valence-corrected chi connectivity index (χ2v) is 6.77. The lowest BCUT2D eigenvalue weighted by Gasteiger charge is -2.10. The molecule has 2 N–H and O–H groups in total. The highest BCUT2D eigenvalue weighted by Gasteiger charge is 2.18. The van der Waals surface area contributed by atoms with Crippen LogP contribution in [0, 0.1) is 0 Å². The molecular weight excluding hydrogens is 422 g/mol. The van der Waals surface area contributed by atoms with Gasteiger partial charge in [-0.05, 0) is 42.5 Å². The Bertz CT molecular complexity index is 1000. The van der Waals surface area contributed by atoms with Crippen molar-refractivity contribution in [2.24, 2.45) is 0 Å². The van der Waals surface area contributed by atoms with Gasteiger partial charge in [0.15, 0.2) is 5.78 Å². The molecule has 0 bridgehead atoms. The fourth-order valence-corrected chi connectivity index (χ4v) is 2.80. The van der Waals surface area contributed by atoms with E-state index < -0.39 is 11.8 Å². The Balaban J connectivity index is 1.69.